The quantitative estimate of drug-likeness (QED) is 0.887. The van der Waals surface area contributed by atoms with Gasteiger partial charge in [0.05, 0.1) is 12.6 Å². The summed E-state index contributed by atoms with van der Waals surface area (Å²) in [5.41, 5.74) is 3.91. The molecule has 4 nitrogen and oxygen atoms in total. The molecule has 0 aliphatic carbocycles. The summed E-state index contributed by atoms with van der Waals surface area (Å²) in [6.07, 6.45) is 1.80. The Morgan fingerprint density at radius 1 is 1.10 bits per heavy atom. The number of likely N-dealkylation sites (N-methyl/N-ethyl adjacent to an activating group) is 1. The molecule has 0 saturated carbocycles. The number of aromatic nitrogens is 3. The first-order valence-corrected chi connectivity index (χ1v) is 7.75. The molecule has 0 fully saturated rings. The lowest BCUT2D eigenvalue weighted by molar-refractivity contribution is 0.453. The molecule has 0 aliphatic heterocycles. The molecule has 0 amide bonds. The van der Waals surface area contributed by atoms with Crippen molar-refractivity contribution in [3.63, 3.8) is 0 Å². The summed E-state index contributed by atoms with van der Waals surface area (Å²) >= 11 is 0. The molecule has 0 bridgehead atoms. The molecule has 21 heavy (non-hydrogen) atoms. The van der Waals surface area contributed by atoms with Crippen LogP contribution in [0.5, 0.6) is 0 Å². The van der Waals surface area contributed by atoms with E-state index in [4.69, 9.17) is 0 Å². The first-order valence-electron chi connectivity index (χ1n) is 7.75. The molecule has 4 heteroatoms. The van der Waals surface area contributed by atoms with Gasteiger partial charge in [0.15, 0.2) is 5.82 Å². The van der Waals surface area contributed by atoms with Crippen molar-refractivity contribution in [3.05, 3.63) is 46.5 Å². The molecule has 114 valence electrons. The van der Waals surface area contributed by atoms with Crippen LogP contribution in [0.1, 0.15) is 48.2 Å². The first-order chi connectivity index (χ1) is 10.1. The van der Waals surface area contributed by atoms with E-state index in [0.29, 0.717) is 0 Å². The Labute approximate surface area is 127 Å². The topological polar surface area (TPSA) is 42.7 Å². The minimum absolute atomic E-state index is 0.250. The predicted molar refractivity (Wildman–Crippen MR) is 86.5 cm³/mol. The Balaban J connectivity index is 2.28. The van der Waals surface area contributed by atoms with E-state index in [1.54, 1.807) is 0 Å². The number of hydrogen-bond acceptors (Lipinski definition) is 3. The lowest BCUT2D eigenvalue weighted by Crippen LogP contribution is -2.24. The van der Waals surface area contributed by atoms with Crippen LogP contribution < -0.4 is 5.32 Å². The van der Waals surface area contributed by atoms with Gasteiger partial charge in [-0.1, -0.05) is 43.2 Å². The zero-order valence-electron chi connectivity index (χ0n) is 13.8. The van der Waals surface area contributed by atoms with Crippen molar-refractivity contribution in [2.75, 3.05) is 7.05 Å². The molecule has 1 unspecified atom stereocenters. The summed E-state index contributed by atoms with van der Waals surface area (Å²) in [7, 11) is 2.01. The van der Waals surface area contributed by atoms with Crippen LogP contribution in [-0.2, 0) is 19.4 Å². The number of benzene rings is 1. The van der Waals surface area contributed by atoms with Gasteiger partial charge in [-0.05, 0) is 26.5 Å². The maximum Gasteiger partial charge on any atom is 0.150 e. The van der Waals surface area contributed by atoms with Crippen molar-refractivity contribution in [1.29, 1.82) is 0 Å². The molecular formula is C17H26N4. The third kappa shape index (κ3) is 3.70. The number of hydrogen-bond donors (Lipinski definition) is 1. The molecule has 1 aromatic carbocycles. The Hall–Kier alpha value is -1.68. The molecular weight excluding hydrogens is 260 g/mol. The van der Waals surface area contributed by atoms with Gasteiger partial charge in [-0.15, -0.1) is 0 Å². The second-order valence-electron chi connectivity index (χ2n) is 5.60. The molecule has 0 spiro atoms. The van der Waals surface area contributed by atoms with Gasteiger partial charge in [0, 0.05) is 12.8 Å². The van der Waals surface area contributed by atoms with Gasteiger partial charge in [-0.2, -0.15) is 5.10 Å². The van der Waals surface area contributed by atoms with Gasteiger partial charge in [-0.25, -0.2) is 9.67 Å². The highest BCUT2D eigenvalue weighted by Gasteiger charge is 2.15. The molecule has 2 aromatic rings. The van der Waals surface area contributed by atoms with E-state index in [-0.39, 0.29) is 6.04 Å². The third-order valence-electron chi connectivity index (χ3n) is 3.78. The van der Waals surface area contributed by atoms with Crippen LogP contribution in [0.4, 0.5) is 0 Å². The first kappa shape index (κ1) is 15.7. The van der Waals surface area contributed by atoms with E-state index in [0.717, 1.165) is 31.0 Å². The largest absolute Gasteiger partial charge is 0.311 e. The van der Waals surface area contributed by atoms with Crippen molar-refractivity contribution in [2.24, 2.45) is 0 Å². The standard InChI is InChI=1S/C17H26N4/c1-6-16-19-17(7-2)21(20-16)11-15(18-5)14-9-12(3)8-13(4)10-14/h8-10,15,18H,6-7,11H2,1-5H3. The molecule has 0 aliphatic rings. The fourth-order valence-corrected chi connectivity index (χ4v) is 2.73. The van der Waals surface area contributed by atoms with E-state index in [9.17, 15) is 0 Å². The van der Waals surface area contributed by atoms with Crippen LogP contribution in [0.2, 0.25) is 0 Å². The predicted octanol–water partition coefficient (Wildman–Crippen LogP) is 2.98. The Bertz CT molecular complexity index is 581. The van der Waals surface area contributed by atoms with E-state index in [1.807, 2.05) is 7.05 Å². The maximum absolute atomic E-state index is 4.62. The number of rotatable bonds is 6. The van der Waals surface area contributed by atoms with Crippen molar-refractivity contribution < 1.29 is 0 Å². The summed E-state index contributed by atoms with van der Waals surface area (Å²) in [6, 6.07) is 6.95. The molecule has 1 atom stereocenters. The monoisotopic (exact) mass is 286 g/mol. The van der Waals surface area contributed by atoms with Gasteiger partial charge >= 0.3 is 0 Å². The number of nitrogens with one attached hydrogen (secondary N) is 1. The van der Waals surface area contributed by atoms with Gasteiger partial charge in [0.1, 0.15) is 5.82 Å². The summed E-state index contributed by atoms with van der Waals surface area (Å²) in [5, 5.41) is 8.03. The smallest absolute Gasteiger partial charge is 0.150 e. The normalized spacial score (nSPS) is 12.6. The van der Waals surface area contributed by atoms with Crippen molar-refractivity contribution in [1.82, 2.24) is 20.1 Å². The number of nitrogens with zero attached hydrogens (tertiary/aromatic N) is 3. The molecule has 1 N–H and O–H groups in total. The van der Waals surface area contributed by atoms with Crippen LogP contribution in [0.3, 0.4) is 0 Å². The fraction of sp³-hybridized carbons (Fsp3) is 0.529. The lowest BCUT2D eigenvalue weighted by atomic mass is 10.0. The molecule has 1 aromatic heterocycles. The van der Waals surface area contributed by atoms with E-state index < -0.39 is 0 Å². The van der Waals surface area contributed by atoms with Crippen LogP contribution >= 0.6 is 0 Å². The van der Waals surface area contributed by atoms with Crippen molar-refractivity contribution in [3.8, 4) is 0 Å². The Morgan fingerprint density at radius 2 is 1.76 bits per heavy atom. The van der Waals surface area contributed by atoms with Gasteiger partial charge < -0.3 is 5.32 Å². The second kappa shape index (κ2) is 6.85. The van der Waals surface area contributed by atoms with Gasteiger partial charge in [-0.3, -0.25) is 0 Å². The lowest BCUT2D eigenvalue weighted by Gasteiger charge is -2.18. The van der Waals surface area contributed by atoms with Crippen molar-refractivity contribution >= 4 is 0 Å². The number of aryl methyl sites for hydroxylation is 4. The van der Waals surface area contributed by atoms with E-state index in [1.165, 1.54) is 16.7 Å². The van der Waals surface area contributed by atoms with Crippen LogP contribution in [0, 0.1) is 13.8 Å². The van der Waals surface area contributed by atoms with Gasteiger partial charge in [0.25, 0.3) is 0 Å². The SMILES string of the molecule is CCc1nc(CC)n(CC(NC)c2cc(C)cc(C)c2)n1. The van der Waals surface area contributed by atoms with E-state index >= 15 is 0 Å². The van der Waals surface area contributed by atoms with Crippen LogP contribution in [0.15, 0.2) is 18.2 Å². The summed E-state index contributed by atoms with van der Waals surface area (Å²) in [5.74, 6) is 2.00. The highest BCUT2D eigenvalue weighted by atomic mass is 15.4. The highest BCUT2D eigenvalue weighted by Crippen LogP contribution is 2.19. The van der Waals surface area contributed by atoms with Crippen LogP contribution in [0.25, 0.3) is 0 Å². The molecule has 2 rings (SSSR count). The highest BCUT2D eigenvalue weighted by molar-refractivity contribution is 5.30. The van der Waals surface area contributed by atoms with Crippen LogP contribution in [-0.4, -0.2) is 21.8 Å². The minimum Gasteiger partial charge on any atom is -0.311 e. The second-order valence-corrected chi connectivity index (χ2v) is 5.60. The Morgan fingerprint density at radius 3 is 2.29 bits per heavy atom. The fourth-order valence-electron chi connectivity index (χ4n) is 2.73. The Kier molecular flexibility index (Phi) is 5.12. The molecule has 1 heterocycles. The summed E-state index contributed by atoms with van der Waals surface area (Å²) < 4.78 is 2.05. The third-order valence-corrected chi connectivity index (χ3v) is 3.78. The summed E-state index contributed by atoms with van der Waals surface area (Å²) in [4.78, 5) is 4.59. The van der Waals surface area contributed by atoms with Crippen molar-refractivity contribution in [2.45, 2.75) is 53.1 Å². The molecule has 0 saturated heterocycles. The average molecular weight is 286 g/mol. The zero-order valence-corrected chi connectivity index (χ0v) is 13.8. The van der Waals surface area contributed by atoms with E-state index in [2.05, 4.69) is 66.0 Å². The minimum atomic E-state index is 0.250. The van der Waals surface area contributed by atoms with Gasteiger partial charge in [0.2, 0.25) is 0 Å². The molecule has 0 radical (unpaired) electrons. The average Bonchev–Trinajstić information content (AvgIpc) is 2.85. The zero-order chi connectivity index (χ0) is 15.4. The summed E-state index contributed by atoms with van der Waals surface area (Å²) in [6.45, 7) is 9.33. The maximum atomic E-state index is 4.62.